The van der Waals surface area contributed by atoms with Crippen molar-refractivity contribution in [3.8, 4) is 0 Å². The van der Waals surface area contributed by atoms with E-state index in [1.807, 2.05) is 0 Å². The molecule has 0 amide bonds. The van der Waals surface area contributed by atoms with Gasteiger partial charge in [-0.3, -0.25) is 0 Å². The summed E-state index contributed by atoms with van der Waals surface area (Å²) < 4.78 is 0. The van der Waals surface area contributed by atoms with Crippen molar-refractivity contribution in [2.75, 3.05) is 0 Å². The lowest BCUT2D eigenvalue weighted by Gasteiger charge is -2.34. The smallest absolute Gasteiger partial charge is 0.0555 e. The van der Waals surface area contributed by atoms with Gasteiger partial charge in [0.15, 0.2) is 0 Å². The van der Waals surface area contributed by atoms with Crippen molar-refractivity contribution in [1.29, 1.82) is 0 Å². The molecule has 2 rings (SSSR count). The van der Waals surface area contributed by atoms with E-state index in [4.69, 9.17) is 0 Å². The Morgan fingerprint density at radius 3 is 2.41 bits per heavy atom. The highest BCUT2D eigenvalue weighted by Crippen LogP contribution is 2.29. The van der Waals surface area contributed by atoms with Crippen molar-refractivity contribution in [2.45, 2.75) is 89.3 Å². The van der Waals surface area contributed by atoms with Gasteiger partial charge in [0.05, 0.1) is 6.10 Å². The summed E-state index contributed by atoms with van der Waals surface area (Å²) >= 11 is 0. The fraction of sp³-hybridized carbons (Fsp3) is 1.00. The third-order valence-corrected chi connectivity index (χ3v) is 4.66. The molecule has 2 saturated carbocycles. The number of hydrogen-bond donors (Lipinski definition) is 2. The first-order chi connectivity index (χ1) is 8.28. The monoisotopic (exact) mass is 239 g/mol. The van der Waals surface area contributed by atoms with Gasteiger partial charge in [-0.1, -0.05) is 19.8 Å². The van der Waals surface area contributed by atoms with Crippen molar-refractivity contribution >= 4 is 0 Å². The number of hydrogen-bond acceptors (Lipinski definition) is 2. The molecule has 0 aromatic carbocycles. The molecule has 17 heavy (non-hydrogen) atoms. The van der Waals surface area contributed by atoms with Crippen molar-refractivity contribution in [2.24, 2.45) is 5.92 Å². The minimum atomic E-state index is -0.0438. The first kappa shape index (κ1) is 13.4. The van der Waals surface area contributed by atoms with E-state index in [1.54, 1.807) is 0 Å². The third kappa shape index (κ3) is 4.26. The lowest BCUT2D eigenvalue weighted by molar-refractivity contribution is 0.105. The maximum absolute atomic E-state index is 9.68. The fourth-order valence-corrected chi connectivity index (χ4v) is 3.67. The van der Waals surface area contributed by atoms with Crippen LogP contribution >= 0.6 is 0 Å². The molecule has 0 heterocycles. The largest absolute Gasteiger partial charge is 0.393 e. The van der Waals surface area contributed by atoms with Crippen LogP contribution in [0.15, 0.2) is 0 Å². The van der Waals surface area contributed by atoms with Crippen LogP contribution in [-0.4, -0.2) is 23.3 Å². The van der Waals surface area contributed by atoms with Gasteiger partial charge in [0.1, 0.15) is 0 Å². The fourth-order valence-electron chi connectivity index (χ4n) is 3.67. The second-order valence-electron chi connectivity index (χ2n) is 6.19. The quantitative estimate of drug-likeness (QED) is 0.789. The predicted molar refractivity (Wildman–Crippen MR) is 72.1 cm³/mol. The van der Waals surface area contributed by atoms with Gasteiger partial charge in [0, 0.05) is 12.1 Å². The maximum Gasteiger partial charge on any atom is 0.0555 e. The van der Waals surface area contributed by atoms with Gasteiger partial charge in [-0.05, 0) is 57.3 Å². The predicted octanol–water partition coefficient (Wildman–Crippen LogP) is 3.24. The second kappa shape index (κ2) is 6.75. The van der Waals surface area contributed by atoms with E-state index in [0.29, 0.717) is 6.04 Å². The highest BCUT2D eigenvalue weighted by molar-refractivity contribution is 4.84. The van der Waals surface area contributed by atoms with Crippen molar-refractivity contribution in [3.05, 3.63) is 0 Å². The van der Waals surface area contributed by atoms with Gasteiger partial charge in [0.25, 0.3) is 0 Å². The number of aliphatic hydroxyl groups excluding tert-OH is 1. The molecule has 2 atom stereocenters. The van der Waals surface area contributed by atoms with Crippen LogP contribution in [0, 0.1) is 5.92 Å². The Kier molecular flexibility index (Phi) is 5.30. The molecule has 2 nitrogen and oxygen atoms in total. The first-order valence-corrected chi connectivity index (χ1v) is 7.72. The zero-order valence-electron chi connectivity index (χ0n) is 11.3. The molecule has 2 fully saturated rings. The van der Waals surface area contributed by atoms with E-state index >= 15 is 0 Å². The summed E-state index contributed by atoms with van der Waals surface area (Å²) in [6, 6.07) is 1.32. The van der Waals surface area contributed by atoms with Crippen LogP contribution in [-0.2, 0) is 0 Å². The SMILES string of the molecule is CCCC1CCC(NC2CCCC(O)C2)CC1. The van der Waals surface area contributed by atoms with E-state index in [1.165, 1.54) is 51.4 Å². The van der Waals surface area contributed by atoms with Gasteiger partial charge >= 0.3 is 0 Å². The van der Waals surface area contributed by atoms with Crippen LogP contribution < -0.4 is 5.32 Å². The average Bonchev–Trinajstić information content (AvgIpc) is 2.32. The van der Waals surface area contributed by atoms with Gasteiger partial charge in [0.2, 0.25) is 0 Å². The number of nitrogens with one attached hydrogen (secondary N) is 1. The molecule has 2 heteroatoms. The van der Waals surface area contributed by atoms with Crippen LogP contribution in [0.3, 0.4) is 0 Å². The van der Waals surface area contributed by atoms with Crippen molar-refractivity contribution < 1.29 is 5.11 Å². The Bertz CT molecular complexity index is 211. The molecule has 0 bridgehead atoms. The van der Waals surface area contributed by atoms with Crippen LogP contribution in [0.5, 0.6) is 0 Å². The Balaban J connectivity index is 1.67. The Hall–Kier alpha value is -0.0800. The lowest BCUT2D eigenvalue weighted by atomic mass is 9.82. The molecule has 0 saturated heterocycles. The normalized spacial score (nSPS) is 39.2. The van der Waals surface area contributed by atoms with E-state index < -0.39 is 0 Å². The third-order valence-electron chi connectivity index (χ3n) is 4.66. The van der Waals surface area contributed by atoms with E-state index in [9.17, 15) is 5.11 Å². The van der Waals surface area contributed by atoms with Crippen LogP contribution in [0.4, 0.5) is 0 Å². The molecule has 100 valence electrons. The molecule has 2 N–H and O–H groups in total. The molecular weight excluding hydrogens is 210 g/mol. The summed E-state index contributed by atoms with van der Waals surface area (Å²) in [6.45, 7) is 2.30. The molecule has 2 unspecified atom stereocenters. The van der Waals surface area contributed by atoms with Gasteiger partial charge in [-0.15, -0.1) is 0 Å². The van der Waals surface area contributed by atoms with Gasteiger partial charge in [-0.25, -0.2) is 0 Å². The molecule has 0 aromatic rings. The van der Waals surface area contributed by atoms with Crippen molar-refractivity contribution in [1.82, 2.24) is 5.32 Å². The second-order valence-corrected chi connectivity index (χ2v) is 6.19. The number of rotatable bonds is 4. The molecule has 2 aliphatic rings. The molecule has 2 aliphatic carbocycles. The van der Waals surface area contributed by atoms with E-state index in [0.717, 1.165) is 24.8 Å². The molecular formula is C15H29NO. The zero-order chi connectivity index (χ0) is 12.1. The zero-order valence-corrected chi connectivity index (χ0v) is 11.3. The average molecular weight is 239 g/mol. The van der Waals surface area contributed by atoms with Crippen LogP contribution in [0.2, 0.25) is 0 Å². The summed E-state index contributed by atoms with van der Waals surface area (Å²) in [5, 5.41) is 13.5. The van der Waals surface area contributed by atoms with Gasteiger partial charge in [-0.2, -0.15) is 0 Å². The summed E-state index contributed by atoms with van der Waals surface area (Å²) in [6.07, 6.45) is 12.7. The minimum Gasteiger partial charge on any atom is -0.393 e. The minimum absolute atomic E-state index is 0.0438. The van der Waals surface area contributed by atoms with E-state index in [2.05, 4.69) is 12.2 Å². The molecule has 0 aliphatic heterocycles. The molecule has 0 spiro atoms. The highest BCUT2D eigenvalue weighted by atomic mass is 16.3. The summed E-state index contributed by atoms with van der Waals surface area (Å²) in [5.41, 5.74) is 0. The first-order valence-electron chi connectivity index (χ1n) is 7.72. The van der Waals surface area contributed by atoms with Crippen LogP contribution in [0.1, 0.15) is 71.1 Å². The Morgan fingerprint density at radius 2 is 1.76 bits per heavy atom. The van der Waals surface area contributed by atoms with Crippen molar-refractivity contribution in [3.63, 3.8) is 0 Å². The highest BCUT2D eigenvalue weighted by Gasteiger charge is 2.25. The molecule has 0 radical (unpaired) electrons. The summed E-state index contributed by atoms with van der Waals surface area (Å²) in [5.74, 6) is 0.995. The topological polar surface area (TPSA) is 32.3 Å². The Morgan fingerprint density at radius 1 is 1.00 bits per heavy atom. The maximum atomic E-state index is 9.68. The summed E-state index contributed by atoms with van der Waals surface area (Å²) in [4.78, 5) is 0. The summed E-state index contributed by atoms with van der Waals surface area (Å²) in [7, 11) is 0. The standard InChI is InChI=1S/C15H29NO/c1-2-4-12-7-9-13(10-8-12)16-14-5-3-6-15(17)11-14/h12-17H,2-11H2,1H3. The Labute approximate surface area is 106 Å². The molecule has 0 aromatic heterocycles. The number of aliphatic hydroxyl groups is 1. The van der Waals surface area contributed by atoms with Gasteiger partial charge < -0.3 is 10.4 Å². The lowest BCUT2D eigenvalue weighted by Crippen LogP contribution is -2.43. The van der Waals surface area contributed by atoms with Crippen LogP contribution in [0.25, 0.3) is 0 Å². The van der Waals surface area contributed by atoms with E-state index in [-0.39, 0.29) is 6.10 Å².